The van der Waals surface area contributed by atoms with E-state index >= 15 is 0 Å². The maximum Gasteiger partial charge on any atom is 0.509 e. The zero-order valence-electron chi connectivity index (χ0n) is 14.6. The summed E-state index contributed by atoms with van der Waals surface area (Å²) in [6.07, 6.45) is -0.355. The van der Waals surface area contributed by atoms with Gasteiger partial charge < -0.3 is 22.6 Å². The Hall–Kier alpha value is -1.35. The molecule has 1 aromatic carbocycles. The molecule has 0 saturated carbocycles. The molecule has 1 aliphatic heterocycles. The standard InChI is InChI=1S/C16H23BF3N2O2S/c1-16(2,3)24-15(23)22-6-4-21(5-7-22)11-12-8-13(17(18,19)20)10-14(25)9-12/h8-10,25H,4-7,11H2,1-3H3/q-1. The molecule has 25 heavy (non-hydrogen) atoms. The van der Waals surface area contributed by atoms with Crippen molar-refractivity contribution in [3.63, 3.8) is 0 Å². The fourth-order valence-corrected chi connectivity index (χ4v) is 2.97. The molecule has 0 N–H and O–H groups in total. The maximum absolute atomic E-state index is 13.0. The first-order valence-corrected chi connectivity index (χ1v) is 8.62. The van der Waals surface area contributed by atoms with Gasteiger partial charge in [-0.05, 0) is 32.4 Å². The third kappa shape index (κ3) is 6.15. The van der Waals surface area contributed by atoms with Crippen LogP contribution in [0.4, 0.5) is 17.7 Å². The SMILES string of the molecule is CC(C)(C)OC(=O)N1CCN(Cc2cc(S)cc([B-](F)(F)F)c2)CC1. The third-order valence-electron chi connectivity index (χ3n) is 3.81. The van der Waals surface area contributed by atoms with E-state index in [0.29, 0.717) is 43.2 Å². The number of nitrogens with zero attached hydrogens (tertiary/aromatic N) is 2. The van der Waals surface area contributed by atoms with Crippen LogP contribution < -0.4 is 5.46 Å². The van der Waals surface area contributed by atoms with Gasteiger partial charge in [-0.1, -0.05) is 12.1 Å². The van der Waals surface area contributed by atoms with Gasteiger partial charge in [0.1, 0.15) is 5.60 Å². The van der Waals surface area contributed by atoms with Crippen LogP contribution in [0, 0.1) is 0 Å². The van der Waals surface area contributed by atoms with E-state index in [1.807, 2.05) is 25.7 Å². The molecule has 1 heterocycles. The molecule has 140 valence electrons. The van der Waals surface area contributed by atoms with Crippen molar-refractivity contribution in [3.05, 3.63) is 23.8 Å². The molecule has 1 aromatic rings. The summed E-state index contributed by atoms with van der Waals surface area (Å²) in [7, 11) is 0. The van der Waals surface area contributed by atoms with E-state index in [1.165, 1.54) is 6.07 Å². The average molecular weight is 375 g/mol. The molecule has 0 aromatic heterocycles. The normalized spacial score (nSPS) is 16.8. The second-order valence-corrected chi connectivity index (χ2v) is 7.77. The molecule has 9 heteroatoms. The highest BCUT2D eigenvalue weighted by Gasteiger charge is 2.28. The van der Waals surface area contributed by atoms with Gasteiger partial charge in [0.2, 0.25) is 0 Å². The van der Waals surface area contributed by atoms with Gasteiger partial charge in [0.05, 0.1) is 0 Å². The Morgan fingerprint density at radius 3 is 2.28 bits per heavy atom. The Balaban J connectivity index is 1.94. The number of amides is 1. The lowest BCUT2D eigenvalue weighted by Crippen LogP contribution is -2.49. The van der Waals surface area contributed by atoms with Crippen LogP contribution in [0.3, 0.4) is 0 Å². The van der Waals surface area contributed by atoms with E-state index in [9.17, 15) is 17.7 Å². The lowest BCUT2D eigenvalue weighted by molar-refractivity contribution is 0.0139. The van der Waals surface area contributed by atoms with Gasteiger partial charge >= 0.3 is 13.1 Å². The second kappa shape index (κ2) is 7.49. The first-order chi connectivity index (χ1) is 11.4. The zero-order valence-corrected chi connectivity index (χ0v) is 15.5. The van der Waals surface area contributed by atoms with Crippen molar-refractivity contribution < 1.29 is 22.5 Å². The van der Waals surface area contributed by atoms with Crippen molar-refractivity contribution >= 4 is 31.2 Å². The predicted octanol–water partition coefficient (Wildman–Crippen LogP) is 3.08. The lowest BCUT2D eigenvalue weighted by Gasteiger charge is -2.35. The molecule has 0 aliphatic carbocycles. The fraction of sp³-hybridized carbons (Fsp3) is 0.562. The molecule has 2 rings (SSSR count). The Labute approximate surface area is 151 Å². The molecular formula is C16H23BF3N2O2S-. The van der Waals surface area contributed by atoms with Crippen LogP contribution in [0.5, 0.6) is 0 Å². The minimum absolute atomic E-state index is 0.305. The van der Waals surface area contributed by atoms with E-state index in [1.54, 1.807) is 11.0 Å². The van der Waals surface area contributed by atoms with Gasteiger partial charge in [-0.15, -0.1) is 18.1 Å². The first kappa shape index (κ1) is 20.0. The van der Waals surface area contributed by atoms with Crippen LogP contribution >= 0.6 is 12.6 Å². The summed E-state index contributed by atoms with van der Waals surface area (Å²) in [6.45, 7) is 2.94. The van der Waals surface area contributed by atoms with Crippen LogP contribution in [0.15, 0.2) is 23.1 Å². The number of ether oxygens (including phenoxy) is 1. The van der Waals surface area contributed by atoms with Gasteiger partial charge in [0.15, 0.2) is 0 Å². The second-order valence-electron chi connectivity index (χ2n) is 7.25. The molecule has 0 unspecified atom stereocenters. The monoisotopic (exact) mass is 375 g/mol. The van der Waals surface area contributed by atoms with Crippen molar-refractivity contribution in [1.29, 1.82) is 0 Å². The van der Waals surface area contributed by atoms with Crippen LogP contribution in [0.1, 0.15) is 26.3 Å². The number of thiol groups is 1. The molecule has 0 spiro atoms. The number of halogens is 3. The Morgan fingerprint density at radius 1 is 1.16 bits per heavy atom. The zero-order chi connectivity index (χ0) is 18.8. The number of carbonyl (C=O) groups is 1. The highest BCUT2D eigenvalue weighted by molar-refractivity contribution is 7.80. The van der Waals surface area contributed by atoms with Crippen molar-refractivity contribution in [2.45, 2.75) is 37.8 Å². The summed E-state index contributed by atoms with van der Waals surface area (Å²) in [5.74, 6) is 0. The van der Waals surface area contributed by atoms with Crippen molar-refractivity contribution in [2.24, 2.45) is 0 Å². The molecule has 1 amide bonds. The molecule has 4 nitrogen and oxygen atoms in total. The minimum atomic E-state index is -5.04. The fourth-order valence-electron chi connectivity index (χ4n) is 2.65. The van der Waals surface area contributed by atoms with Crippen molar-refractivity contribution in [1.82, 2.24) is 9.80 Å². The van der Waals surface area contributed by atoms with E-state index in [-0.39, 0.29) is 6.09 Å². The van der Waals surface area contributed by atoms with Crippen LogP contribution in [0.2, 0.25) is 0 Å². The lowest BCUT2D eigenvalue weighted by atomic mass is 9.79. The third-order valence-corrected chi connectivity index (χ3v) is 4.07. The highest BCUT2D eigenvalue weighted by atomic mass is 32.1. The predicted molar refractivity (Wildman–Crippen MR) is 95.5 cm³/mol. The van der Waals surface area contributed by atoms with Gasteiger partial charge in [0, 0.05) is 37.6 Å². The van der Waals surface area contributed by atoms with Gasteiger partial charge in [0.25, 0.3) is 0 Å². The quantitative estimate of drug-likeness (QED) is 0.651. The summed E-state index contributed by atoms with van der Waals surface area (Å²) < 4.78 is 44.2. The van der Waals surface area contributed by atoms with Gasteiger partial charge in [-0.2, -0.15) is 0 Å². The number of carbonyl (C=O) groups excluding carboxylic acids is 1. The molecular weight excluding hydrogens is 352 g/mol. The molecule has 1 fully saturated rings. The van der Waals surface area contributed by atoms with Crippen LogP contribution in [-0.4, -0.2) is 54.7 Å². The highest BCUT2D eigenvalue weighted by Crippen LogP contribution is 2.17. The van der Waals surface area contributed by atoms with E-state index < -0.39 is 18.0 Å². The van der Waals surface area contributed by atoms with Crippen molar-refractivity contribution in [2.75, 3.05) is 26.2 Å². The number of hydrogen-bond acceptors (Lipinski definition) is 4. The summed E-state index contributed by atoms with van der Waals surface area (Å²) in [4.78, 5) is 16.0. The van der Waals surface area contributed by atoms with Crippen LogP contribution in [-0.2, 0) is 11.3 Å². The largest absolute Gasteiger partial charge is 0.509 e. The maximum atomic E-state index is 13.0. The number of piperazine rings is 1. The summed E-state index contributed by atoms with van der Waals surface area (Å²) in [6, 6.07) is 3.88. The number of rotatable bonds is 3. The minimum Gasteiger partial charge on any atom is -0.445 e. The smallest absolute Gasteiger partial charge is 0.445 e. The molecule has 0 atom stereocenters. The number of benzene rings is 1. The molecule has 0 bridgehead atoms. The van der Waals surface area contributed by atoms with E-state index in [4.69, 9.17) is 4.74 Å². The summed E-state index contributed by atoms with van der Waals surface area (Å²) in [5, 5.41) is 0. The Bertz CT molecular complexity index is 627. The van der Waals surface area contributed by atoms with Gasteiger partial charge in [-0.25, -0.2) is 4.79 Å². The topological polar surface area (TPSA) is 32.8 Å². The van der Waals surface area contributed by atoms with Gasteiger partial charge in [-0.3, -0.25) is 4.90 Å². The van der Waals surface area contributed by atoms with E-state index in [0.717, 1.165) is 6.07 Å². The average Bonchev–Trinajstić information content (AvgIpc) is 2.44. The Kier molecular flexibility index (Phi) is 5.99. The summed E-state index contributed by atoms with van der Waals surface area (Å²) >= 11 is 4.08. The van der Waals surface area contributed by atoms with Crippen molar-refractivity contribution in [3.8, 4) is 0 Å². The molecule has 1 saturated heterocycles. The Morgan fingerprint density at radius 2 is 1.76 bits per heavy atom. The number of hydrogen-bond donors (Lipinski definition) is 1. The molecule has 0 radical (unpaired) electrons. The molecule has 1 aliphatic rings. The van der Waals surface area contributed by atoms with Crippen LogP contribution in [0.25, 0.3) is 0 Å². The van der Waals surface area contributed by atoms with E-state index in [2.05, 4.69) is 12.6 Å². The first-order valence-electron chi connectivity index (χ1n) is 8.17. The summed E-state index contributed by atoms with van der Waals surface area (Å²) in [5.41, 5.74) is -0.598.